The first-order chi connectivity index (χ1) is 35.3. The van der Waals surface area contributed by atoms with Crippen LogP contribution in [0.3, 0.4) is 0 Å². The third-order valence-corrected chi connectivity index (χ3v) is 13.8. The second-order valence-electron chi connectivity index (χ2n) is 18.9. The van der Waals surface area contributed by atoms with Crippen LogP contribution in [0.4, 0.5) is 0 Å². The molecule has 0 radical (unpaired) electrons. The van der Waals surface area contributed by atoms with E-state index in [1.165, 1.54) is 6.92 Å². The van der Waals surface area contributed by atoms with Gasteiger partial charge in [0.15, 0.2) is 31.5 Å². The van der Waals surface area contributed by atoms with E-state index in [1.807, 2.05) is 0 Å². The van der Waals surface area contributed by atoms with Crippen LogP contribution in [-0.4, -0.2) is 337 Å². The van der Waals surface area contributed by atoms with Crippen molar-refractivity contribution in [2.24, 2.45) is 0 Å². The van der Waals surface area contributed by atoms with E-state index >= 15 is 0 Å². The molecule has 0 aromatic heterocycles. The fourth-order valence-electron chi connectivity index (χ4n) is 9.53. The predicted octanol–water partition coefficient (Wildman–Crippen LogP) is -13.7. The molecule has 0 saturated carbocycles. The fourth-order valence-corrected chi connectivity index (χ4v) is 9.53. The van der Waals surface area contributed by atoms with Crippen molar-refractivity contribution in [1.29, 1.82) is 0 Å². The Morgan fingerprint density at radius 3 is 1.59 bits per heavy atom. The number of aliphatic hydroxyl groups excluding tert-OH is 19. The van der Waals surface area contributed by atoms with Gasteiger partial charge < -0.3 is 160 Å². The molecule has 0 aromatic carbocycles. The third-order valence-electron chi connectivity index (χ3n) is 13.8. The normalized spacial score (nSPS) is 49.7. The first-order valence-electron chi connectivity index (χ1n) is 23.6. The second-order valence-corrected chi connectivity index (χ2v) is 18.9. The van der Waals surface area contributed by atoms with Gasteiger partial charge in [-0.05, 0) is 6.92 Å². The summed E-state index contributed by atoms with van der Waals surface area (Å²) in [5.41, 5.74) is 0. The van der Waals surface area contributed by atoms with Crippen LogP contribution in [0.15, 0.2) is 0 Å². The van der Waals surface area contributed by atoms with Gasteiger partial charge in [0.05, 0.1) is 45.2 Å². The van der Waals surface area contributed by atoms with Crippen LogP contribution in [0.1, 0.15) is 20.3 Å². The minimum absolute atomic E-state index is 0.941. The van der Waals surface area contributed by atoms with Crippen molar-refractivity contribution in [2.75, 3.05) is 33.0 Å². The number of nitrogens with one attached hydrogen (secondary N) is 1. The Kier molecular flexibility index (Phi) is 21.4. The first kappa shape index (κ1) is 61.9. The molecule has 6 aliphatic rings. The number of aliphatic carboxylic acids is 1. The Balaban J connectivity index is 1.36. The lowest BCUT2D eigenvalue weighted by Crippen LogP contribution is -2.72. The van der Waals surface area contributed by atoms with Gasteiger partial charge in [-0.1, -0.05) is 0 Å². The molecule has 0 aliphatic carbocycles. The van der Waals surface area contributed by atoms with Crippen molar-refractivity contribution in [3.63, 3.8) is 0 Å². The smallest absolute Gasteiger partial charge is 0.364 e. The van der Waals surface area contributed by atoms with E-state index in [9.17, 15) is 112 Å². The van der Waals surface area contributed by atoms with Gasteiger partial charge in [-0.2, -0.15) is 0 Å². The van der Waals surface area contributed by atoms with Crippen LogP contribution in [0, 0.1) is 0 Å². The number of carboxylic acid groups (broad SMARTS) is 1. The lowest BCUT2D eigenvalue weighted by atomic mass is 9.90. The molecule has 31 atom stereocenters. The molecule has 1 amide bonds. The Morgan fingerprint density at radius 1 is 0.547 bits per heavy atom. The zero-order valence-electron chi connectivity index (χ0n) is 39.8. The van der Waals surface area contributed by atoms with Gasteiger partial charge in [0.1, 0.15) is 140 Å². The van der Waals surface area contributed by atoms with E-state index in [0.717, 1.165) is 6.92 Å². The topological polar surface area (TPSA) is 552 Å². The number of hydrogen-bond donors (Lipinski definition) is 21. The maximum absolute atomic E-state index is 13.1. The highest BCUT2D eigenvalue weighted by Crippen LogP contribution is 2.40. The standard InChI is InChI=1S/C41H69NO33/c1-9-18(51)23(56)26(59)37(65-9)72-31-17(42-10(2)48)36(73-32-21(54)13(5-44)67-38(27(32)60)70-29-15(7-46)66-35(62)25(58)24(29)57)69-16(8-47)30(31)71-39-28(61)34(22(55)14(6-45)68-39)75-41(40(63)64)3-11(49)19(52)33(74-41)20(53)12(50)4-43/h9,11-39,43-47,49-62H,3-8H2,1-2H3,(H,42,48)(H,63,64)/t9-,11-,12+,13+,14+,15+,16+,17+,18+,19+,20+,21-,22-,23+,24+,25+,26-,27+,28+,29+,30+,31+,32-,33+,34-,35+,36-,37-,38-,39-,41-/m0/s1. The molecule has 34 heteroatoms. The molecule has 21 N–H and O–H groups in total. The van der Waals surface area contributed by atoms with Crippen LogP contribution >= 0.6 is 0 Å². The molecule has 0 aromatic rings. The van der Waals surface area contributed by atoms with E-state index in [0.29, 0.717) is 0 Å². The molecule has 0 bridgehead atoms. The van der Waals surface area contributed by atoms with E-state index in [1.54, 1.807) is 0 Å². The molecular formula is C41H69NO33. The zero-order chi connectivity index (χ0) is 55.7. The van der Waals surface area contributed by atoms with Crippen LogP contribution in [0.2, 0.25) is 0 Å². The third kappa shape index (κ3) is 12.9. The number of amides is 1. The van der Waals surface area contributed by atoms with Crippen molar-refractivity contribution in [3.05, 3.63) is 0 Å². The number of carboxylic acids is 1. The lowest BCUT2D eigenvalue weighted by Gasteiger charge is -2.52. The fraction of sp³-hybridized carbons (Fsp3) is 0.951. The summed E-state index contributed by atoms with van der Waals surface area (Å²) in [6.45, 7) is -3.30. The summed E-state index contributed by atoms with van der Waals surface area (Å²) in [5, 5.41) is 215. The summed E-state index contributed by atoms with van der Waals surface area (Å²) in [6, 6.07) is -1.94. The average molecular weight is 1100 g/mol. The molecule has 6 heterocycles. The predicted molar refractivity (Wildman–Crippen MR) is 227 cm³/mol. The summed E-state index contributed by atoms with van der Waals surface area (Å²) in [5.74, 6) is -6.31. The number of aliphatic hydroxyl groups is 19. The van der Waals surface area contributed by atoms with Gasteiger partial charge in [0, 0.05) is 13.3 Å². The van der Waals surface area contributed by atoms with E-state index in [4.69, 9.17) is 52.1 Å². The van der Waals surface area contributed by atoms with Crippen LogP contribution in [0.25, 0.3) is 0 Å². The first-order valence-corrected chi connectivity index (χ1v) is 23.6. The Morgan fingerprint density at radius 2 is 1.04 bits per heavy atom. The Bertz CT molecular complexity index is 1830. The van der Waals surface area contributed by atoms with Gasteiger partial charge >= 0.3 is 5.97 Å². The highest BCUT2D eigenvalue weighted by Gasteiger charge is 2.61. The molecule has 6 rings (SSSR count). The number of rotatable bonds is 19. The number of ether oxygens (including phenoxy) is 11. The molecule has 6 saturated heterocycles. The molecule has 0 spiro atoms. The van der Waals surface area contributed by atoms with Crippen LogP contribution < -0.4 is 5.32 Å². The summed E-state index contributed by atoms with van der Waals surface area (Å²) in [7, 11) is 0. The number of carbonyl (C=O) groups is 2. The van der Waals surface area contributed by atoms with Gasteiger partial charge in [-0.15, -0.1) is 0 Å². The summed E-state index contributed by atoms with van der Waals surface area (Å²) >= 11 is 0. The van der Waals surface area contributed by atoms with Crippen molar-refractivity contribution >= 4 is 11.9 Å². The summed E-state index contributed by atoms with van der Waals surface area (Å²) in [4.78, 5) is 26.0. The maximum Gasteiger partial charge on any atom is 0.364 e. The number of hydrogen-bond acceptors (Lipinski definition) is 32. The van der Waals surface area contributed by atoms with Gasteiger partial charge in [-0.25, -0.2) is 4.79 Å². The molecule has 6 fully saturated rings. The largest absolute Gasteiger partial charge is 0.477 e. The molecular weight excluding hydrogens is 1030 g/mol. The highest BCUT2D eigenvalue weighted by molar-refractivity contribution is 5.76. The van der Waals surface area contributed by atoms with Gasteiger partial charge in [0.25, 0.3) is 5.79 Å². The van der Waals surface area contributed by atoms with E-state index < -0.39 is 241 Å². The molecule has 34 nitrogen and oxygen atoms in total. The Hall–Kier alpha value is -2.26. The molecule has 0 unspecified atom stereocenters. The minimum atomic E-state index is -3.24. The van der Waals surface area contributed by atoms with Crippen LogP contribution in [0.5, 0.6) is 0 Å². The van der Waals surface area contributed by atoms with Crippen molar-refractivity contribution in [1.82, 2.24) is 5.32 Å². The summed E-state index contributed by atoms with van der Waals surface area (Å²) in [6.07, 6.45) is -60.4. The SMILES string of the molecule is CC(=O)N[C@H]1[C@H](O[C@H]2[C@@H](O)[C@@H](CO)O[C@@H](O[C@H]3[C@H](O)[C@@H](O)[C@H](O)O[C@@H]3CO)[C@@H]2O)O[C@H](CO)[C@@H](O[C@@H]2O[C@H](CO)[C@H](O)[C@H](O[C@]3(C(=O)O)C[C@H](O)[C@@H](O)[C@H]([C@H](O)[C@H](O)CO)O3)[C@H]2O)[C@@H]1O[C@@H]1O[C@@H](C)[C@@H](O)[C@@H](O)[C@@H]1O. The highest BCUT2D eigenvalue weighted by atomic mass is 16.8. The lowest BCUT2D eigenvalue weighted by molar-refractivity contribution is -0.401. The molecule has 6 aliphatic heterocycles. The average Bonchev–Trinajstić information content (AvgIpc) is 3.37. The quantitative estimate of drug-likeness (QED) is 0.0571. The van der Waals surface area contributed by atoms with Gasteiger partial charge in [-0.3, -0.25) is 4.79 Å². The zero-order valence-corrected chi connectivity index (χ0v) is 39.8. The molecule has 436 valence electrons. The van der Waals surface area contributed by atoms with Crippen molar-refractivity contribution in [2.45, 2.75) is 210 Å². The maximum atomic E-state index is 13.1. The Labute approximate surface area is 423 Å². The number of carbonyl (C=O) groups excluding carboxylic acids is 1. The molecule has 75 heavy (non-hydrogen) atoms. The van der Waals surface area contributed by atoms with E-state index in [-0.39, 0.29) is 0 Å². The van der Waals surface area contributed by atoms with Gasteiger partial charge in [0.2, 0.25) is 5.91 Å². The second kappa shape index (κ2) is 25.9. The van der Waals surface area contributed by atoms with Crippen molar-refractivity contribution < 1.29 is 164 Å². The van der Waals surface area contributed by atoms with Crippen molar-refractivity contribution in [3.8, 4) is 0 Å². The van der Waals surface area contributed by atoms with Crippen LogP contribution in [-0.2, 0) is 61.7 Å². The minimum Gasteiger partial charge on any atom is -0.477 e. The van der Waals surface area contributed by atoms with E-state index in [2.05, 4.69) is 5.32 Å². The monoisotopic (exact) mass is 1100 g/mol. The summed E-state index contributed by atoms with van der Waals surface area (Å²) < 4.78 is 63.1.